The van der Waals surface area contributed by atoms with E-state index in [-0.39, 0.29) is 23.7 Å². The Hall–Kier alpha value is 1.00. The van der Waals surface area contributed by atoms with E-state index in [2.05, 4.69) is 0 Å². The van der Waals surface area contributed by atoms with Gasteiger partial charge >= 0.3 is 13.6 Å². The molecule has 0 rings (SSSR count). The molecule has 0 aromatic rings. The second-order valence-electron chi connectivity index (χ2n) is 7.80. The number of rotatable bonds is 15. The van der Waals surface area contributed by atoms with Crippen LogP contribution in [0.15, 0.2) is 0 Å². The standard InChI is InChI=1S/C16H36O6P2S2/c1-13(2)9-19-23(17,20-10-14(3)4)25-26-24(18,21-11-15(5)6)22-12-16(7)8/h13-16H,9-12H2,1-8H3. The quantitative estimate of drug-likeness (QED) is 0.190. The van der Waals surface area contributed by atoms with Gasteiger partial charge in [0.15, 0.2) is 0 Å². The fourth-order valence-electron chi connectivity index (χ4n) is 1.20. The molecule has 0 bridgehead atoms. The summed E-state index contributed by atoms with van der Waals surface area (Å²) >= 11 is 0. The molecular formula is C16H36O6P2S2. The first kappa shape index (κ1) is 27.0. The van der Waals surface area contributed by atoms with Crippen LogP contribution in [0.4, 0.5) is 0 Å². The molecule has 0 spiro atoms. The lowest BCUT2D eigenvalue weighted by Gasteiger charge is -2.23. The summed E-state index contributed by atoms with van der Waals surface area (Å²) in [7, 11) is 1.67. The molecule has 0 unspecified atom stereocenters. The highest BCUT2D eigenvalue weighted by Gasteiger charge is 2.36. The maximum Gasteiger partial charge on any atom is 0.400 e. The molecule has 0 saturated heterocycles. The Morgan fingerprint density at radius 1 is 0.538 bits per heavy atom. The molecule has 158 valence electrons. The van der Waals surface area contributed by atoms with Gasteiger partial charge in [0, 0.05) is 20.8 Å². The Labute approximate surface area is 167 Å². The molecule has 0 saturated carbocycles. The van der Waals surface area contributed by atoms with Crippen LogP contribution in [0.3, 0.4) is 0 Å². The van der Waals surface area contributed by atoms with E-state index >= 15 is 0 Å². The Kier molecular flexibility index (Phi) is 13.8. The summed E-state index contributed by atoms with van der Waals surface area (Å²) in [5, 5.41) is 0. The first-order valence-corrected chi connectivity index (χ1v) is 15.5. The van der Waals surface area contributed by atoms with Gasteiger partial charge in [-0.2, -0.15) is 0 Å². The maximum absolute atomic E-state index is 13.0. The molecule has 0 N–H and O–H groups in total. The van der Waals surface area contributed by atoms with Crippen molar-refractivity contribution in [1.29, 1.82) is 0 Å². The minimum atomic E-state index is -3.47. The van der Waals surface area contributed by atoms with Gasteiger partial charge in [-0.3, -0.25) is 18.1 Å². The number of hydrogen-bond donors (Lipinski definition) is 0. The highest BCUT2D eigenvalue weighted by Crippen LogP contribution is 2.77. The van der Waals surface area contributed by atoms with E-state index in [1.165, 1.54) is 0 Å². The van der Waals surface area contributed by atoms with Gasteiger partial charge < -0.3 is 0 Å². The second kappa shape index (κ2) is 13.3. The highest BCUT2D eigenvalue weighted by atomic mass is 33.5. The molecule has 0 aliphatic heterocycles. The molecule has 0 atom stereocenters. The SMILES string of the molecule is CC(C)COP(=O)(OCC(C)C)SSP(=O)(OCC(C)C)OCC(C)C. The predicted octanol–water partition coefficient (Wildman–Crippen LogP) is 7.27. The normalized spacial score (nSPS) is 13.5. The third-order valence-corrected chi connectivity index (χ3v) is 13.0. The molecule has 6 nitrogen and oxygen atoms in total. The smallest absolute Gasteiger partial charge is 0.300 e. The fraction of sp³-hybridized carbons (Fsp3) is 1.00. The molecule has 0 fully saturated rings. The zero-order chi connectivity index (χ0) is 20.4. The van der Waals surface area contributed by atoms with E-state index in [1.54, 1.807) is 0 Å². The Morgan fingerprint density at radius 2 is 0.731 bits per heavy atom. The zero-order valence-corrected chi connectivity index (χ0v) is 20.7. The highest BCUT2D eigenvalue weighted by molar-refractivity contribution is 9.12. The average Bonchev–Trinajstić information content (AvgIpc) is 2.53. The molecule has 0 aromatic carbocycles. The van der Waals surface area contributed by atoms with Crippen molar-refractivity contribution in [3.05, 3.63) is 0 Å². The predicted molar refractivity (Wildman–Crippen MR) is 114 cm³/mol. The fourth-order valence-corrected chi connectivity index (χ4v) is 12.8. The summed E-state index contributed by atoms with van der Waals surface area (Å²) in [6.45, 7) is 9.97. The molecule has 0 aromatic heterocycles. The summed E-state index contributed by atoms with van der Waals surface area (Å²) < 4.78 is 48.1. The second-order valence-corrected chi connectivity index (χ2v) is 17.2. The Bertz CT molecular complexity index is 398. The van der Waals surface area contributed by atoms with E-state index in [0.717, 1.165) is 20.8 Å². The Balaban J connectivity index is 5.03. The van der Waals surface area contributed by atoms with Crippen molar-refractivity contribution in [2.24, 2.45) is 23.7 Å². The molecule has 0 aliphatic carbocycles. The van der Waals surface area contributed by atoms with Crippen molar-refractivity contribution >= 4 is 34.4 Å². The van der Waals surface area contributed by atoms with Crippen molar-refractivity contribution in [1.82, 2.24) is 0 Å². The summed E-state index contributed by atoms with van der Waals surface area (Å²) in [5.41, 5.74) is 0. The molecule has 0 radical (unpaired) electrons. The minimum absolute atomic E-state index is 0.206. The third-order valence-electron chi connectivity index (χ3n) is 2.48. The van der Waals surface area contributed by atoms with Gasteiger partial charge in [-0.1, -0.05) is 55.4 Å². The molecule has 26 heavy (non-hydrogen) atoms. The molecular weight excluding hydrogens is 414 g/mol. The Morgan fingerprint density at radius 3 is 0.885 bits per heavy atom. The van der Waals surface area contributed by atoms with E-state index in [0.29, 0.717) is 26.4 Å². The largest absolute Gasteiger partial charge is 0.400 e. The van der Waals surface area contributed by atoms with Gasteiger partial charge in [0.2, 0.25) is 0 Å². The first-order valence-electron chi connectivity index (χ1n) is 9.03. The van der Waals surface area contributed by atoms with Crippen molar-refractivity contribution in [2.75, 3.05) is 26.4 Å². The minimum Gasteiger partial charge on any atom is -0.300 e. The van der Waals surface area contributed by atoms with Crippen molar-refractivity contribution in [3.8, 4) is 0 Å². The third kappa shape index (κ3) is 14.1. The van der Waals surface area contributed by atoms with Crippen molar-refractivity contribution in [2.45, 2.75) is 55.4 Å². The molecule has 0 heterocycles. The van der Waals surface area contributed by atoms with Gasteiger partial charge in [-0.05, 0) is 23.7 Å². The molecule has 0 aliphatic rings. The van der Waals surface area contributed by atoms with Gasteiger partial charge in [-0.15, -0.1) is 0 Å². The van der Waals surface area contributed by atoms with Crippen LogP contribution in [-0.2, 0) is 27.2 Å². The lowest BCUT2D eigenvalue weighted by Crippen LogP contribution is -2.05. The maximum atomic E-state index is 13.0. The van der Waals surface area contributed by atoms with Gasteiger partial charge in [-0.25, -0.2) is 9.13 Å². The zero-order valence-electron chi connectivity index (χ0n) is 17.3. The van der Waals surface area contributed by atoms with E-state index in [4.69, 9.17) is 18.1 Å². The summed E-state index contributed by atoms with van der Waals surface area (Å²) in [5.74, 6) is 0.825. The van der Waals surface area contributed by atoms with Crippen molar-refractivity contribution < 1.29 is 27.2 Å². The molecule has 0 amide bonds. The van der Waals surface area contributed by atoms with Gasteiger partial charge in [0.1, 0.15) is 0 Å². The lowest BCUT2D eigenvalue weighted by atomic mass is 10.2. The van der Waals surface area contributed by atoms with E-state index in [9.17, 15) is 9.13 Å². The summed E-state index contributed by atoms with van der Waals surface area (Å²) in [4.78, 5) is 0. The topological polar surface area (TPSA) is 71.1 Å². The van der Waals surface area contributed by atoms with Crippen LogP contribution in [0, 0.1) is 23.7 Å². The lowest BCUT2D eigenvalue weighted by molar-refractivity contribution is 0.186. The van der Waals surface area contributed by atoms with Crippen LogP contribution in [0.2, 0.25) is 0 Å². The average molecular weight is 451 g/mol. The van der Waals surface area contributed by atoms with Crippen LogP contribution in [0.25, 0.3) is 0 Å². The van der Waals surface area contributed by atoms with E-state index < -0.39 is 13.6 Å². The van der Waals surface area contributed by atoms with Gasteiger partial charge in [0.05, 0.1) is 26.4 Å². The molecule has 10 heteroatoms. The summed E-state index contributed by atoms with van der Waals surface area (Å²) in [6.07, 6.45) is 0. The summed E-state index contributed by atoms with van der Waals surface area (Å²) in [6, 6.07) is 0. The van der Waals surface area contributed by atoms with Crippen LogP contribution in [-0.4, -0.2) is 26.4 Å². The van der Waals surface area contributed by atoms with Crippen LogP contribution < -0.4 is 0 Å². The van der Waals surface area contributed by atoms with Crippen LogP contribution in [0.5, 0.6) is 0 Å². The van der Waals surface area contributed by atoms with Crippen LogP contribution in [0.1, 0.15) is 55.4 Å². The van der Waals surface area contributed by atoms with Crippen LogP contribution >= 0.6 is 34.4 Å². The first-order chi connectivity index (χ1) is 11.9. The van der Waals surface area contributed by atoms with E-state index in [1.807, 2.05) is 55.4 Å². The van der Waals surface area contributed by atoms with Crippen molar-refractivity contribution in [3.63, 3.8) is 0 Å². The number of hydrogen-bond acceptors (Lipinski definition) is 8. The van der Waals surface area contributed by atoms with Gasteiger partial charge in [0.25, 0.3) is 0 Å². The monoisotopic (exact) mass is 450 g/mol.